The van der Waals surface area contributed by atoms with Crippen LogP contribution in [0, 0.1) is 0 Å². The van der Waals surface area contributed by atoms with Gasteiger partial charge in [-0.15, -0.1) is 0 Å². The third-order valence-corrected chi connectivity index (χ3v) is 2.24. The van der Waals surface area contributed by atoms with Crippen molar-refractivity contribution in [1.29, 1.82) is 0 Å². The Morgan fingerprint density at radius 3 is 2.42 bits per heavy atom. The number of hydrogen-bond donors (Lipinski definition) is 0. The molecule has 0 N–H and O–H groups in total. The van der Waals surface area contributed by atoms with E-state index in [1.807, 2.05) is 4.90 Å². The maximum Gasteiger partial charge on any atom is 0.222 e. The zero-order chi connectivity index (χ0) is 8.81. The molecule has 0 aromatic heterocycles. The molecule has 0 bridgehead atoms. The number of carbonyl (C=O) groups is 1. The molecule has 1 heterocycles. The van der Waals surface area contributed by atoms with Gasteiger partial charge in [0.25, 0.3) is 0 Å². The van der Waals surface area contributed by atoms with E-state index in [1.54, 1.807) is 0 Å². The van der Waals surface area contributed by atoms with Crippen LogP contribution in [-0.4, -0.2) is 30.5 Å². The first-order valence-electron chi connectivity index (χ1n) is 4.70. The second-order valence-electron chi connectivity index (χ2n) is 3.25. The molecule has 1 fully saturated rings. The summed E-state index contributed by atoms with van der Waals surface area (Å²) in [4.78, 5) is 13.3. The average molecular weight is 170 g/mol. The minimum Gasteiger partial charge on any atom is -0.343 e. The fourth-order valence-electron chi connectivity index (χ4n) is 1.50. The molecule has 0 aliphatic carbocycles. The van der Waals surface area contributed by atoms with Gasteiger partial charge in [-0.1, -0.05) is 0 Å². The molecule has 0 aromatic carbocycles. The SMILES string of the molecule is [O]CCCCC(=O)N1CCCC1. The molecule has 0 saturated carbocycles. The summed E-state index contributed by atoms with van der Waals surface area (Å²) in [5.41, 5.74) is 0. The Labute approximate surface area is 73.4 Å². The lowest BCUT2D eigenvalue weighted by Gasteiger charge is -2.14. The number of rotatable bonds is 4. The molecule has 69 valence electrons. The van der Waals surface area contributed by atoms with Crippen LogP contribution in [0.4, 0.5) is 0 Å². The maximum atomic E-state index is 11.3. The molecule has 0 spiro atoms. The molecule has 1 saturated heterocycles. The Morgan fingerprint density at radius 1 is 1.17 bits per heavy atom. The smallest absolute Gasteiger partial charge is 0.222 e. The van der Waals surface area contributed by atoms with E-state index in [4.69, 9.17) is 0 Å². The summed E-state index contributed by atoms with van der Waals surface area (Å²) in [7, 11) is 0. The molecule has 0 unspecified atom stereocenters. The van der Waals surface area contributed by atoms with Crippen LogP contribution < -0.4 is 0 Å². The van der Waals surface area contributed by atoms with Crippen molar-refractivity contribution in [2.24, 2.45) is 0 Å². The van der Waals surface area contributed by atoms with Crippen molar-refractivity contribution < 1.29 is 9.90 Å². The Bertz CT molecular complexity index is 141. The van der Waals surface area contributed by atoms with Gasteiger partial charge in [0.2, 0.25) is 5.91 Å². The van der Waals surface area contributed by atoms with E-state index >= 15 is 0 Å². The number of nitrogens with zero attached hydrogens (tertiary/aromatic N) is 1. The topological polar surface area (TPSA) is 40.2 Å². The van der Waals surface area contributed by atoms with E-state index in [9.17, 15) is 9.90 Å². The second-order valence-corrected chi connectivity index (χ2v) is 3.25. The quantitative estimate of drug-likeness (QED) is 0.584. The van der Waals surface area contributed by atoms with Crippen molar-refractivity contribution in [1.82, 2.24) is 4.90 Å². The highest BCUT2D eigenvalue weighted by atomic mass is 16.2. The zero-order valence-corrected chi connectivity index (χ0v) is 7.42. The monoisotopic (exact) mass is 170 g/mol. The van der Waals surface area contributed by atoms with Crippen LogP contribution in [0.2, 0.25) is 0 Å². The van der Waals surface area contributed by atoms with Crippen LogP contribution in [0.25, 0.3) is 0 Å². The van der Waals surface area contributed by atoms with Crippen molar-refractivity contribution in [3.05, 3.63) is 0 Å². The number of hydrogen-bond acceptors (Lipinski definition) is 1. The van der Waals surface area contributed by atoms with Crippen LogP contribution in [0.15, 0.2) is 0 Å². The molecular weight excluding hydrogens is 154 g/mol. The zero-order valence-electron chi connectivity index (χ0n) is 7.42. The molecule has 3 nitrogen and oxygen atoms in total. The average Bonchev–Trinajstić information content (AvgIpc) is 2.56. The third kappa shape index (κ3) is 2.81. The second kappa shape index (κ2) is 5.14. The van der Waals surface area contributed by atoms with Gasteiger partial charge in [0.15, 0.2) is 0 Å². The first-order valence-corrected chi connectivity index (χ1v) is 4.70. The Kier molecular flexibility index (Phi) is 4.08. The molecule has 1 aliphatic rings. The van der Waals surface area contributed by atoms with E-state index < -0.39 is 0 Å². The minimum absolute atomic E-state index is 0.0483. The molecule has 0 atom stereocenters. The molecular formula is C9H16NO2. The lowest BCUT2D eigenvalue weighted by Crippen LogP contribution is -2.27. The molecule has 12 heavy (non-hydrogen) atoms. The van der Waals surface area contributed by atoms with Crippen LogP contribution >= 0.6 is 0 Å². The van der Waals surface area contributed by atoms with E-state index in [0.29, 0.717) is 12.8 Å². The number of amides is 1. The summed E-state index contributed by atoms with van der Waals surface area (Å²) in [6.07, 6.45) is 4.27. The number of unbranched alkanes of at least 4 members (excludes halogenated alkanes) is 1. The van der Waals surface area contributed by atoms with Crippen LogP contribution in [-0.2, 0) is 9.90 Å². The fourth-order valence-corrected chi connectivity index (χ4v) is 1.50. The van der Waals surface area contributed by atoms with Gasteiger partial charge in [0, 0.05) is 19.5 Å². The standard InChI is InChI=1S/C9H16NO2/c11-8-4-1-5-9(12)10-6-2-3-7-10/h1-8H2. The van der Waals surface area contributed by atoms with E-state index in [0.717, 1.165) is 32.4 Å². The lowest BCUT2D eigenvalue weighted by molar-refractivity contribution is -0.130. The van der Waals surface area contributed by atoms with Crippen molar-refractivity contribution in [2.45, 2.75) is 32.1 Å². The summed E-state index contributed by atoms with van der Waals surface area (Å²) in [6, 6.07) is 0. The van der Waals surface area contributed by atoms with Crippen molar-refractivity contribution in [3.8, 4) is 0 Å². The van der Waals surface area contributed by atoms with Gasteiger partial charge in [0.1, 0.15) is 0 Å². The summed E-state index contributed by atoms with van der Waals surface area (Å²) < 4.78 is 0. The van der Waals surface area contributed by atoms with Crippen molar-refractivity contribution in [2.75, 3.05) is 19.7 Å². The molecule has 1 radical (unpaired) electrons. The summed E-state index contributed by atoms with van der Waals surface area (Å²) in [6.45, 7) is 1.81. The highest BCUT2D eigenvalue weighted by Crippen LogP contribution is 2.10. The normalized spacial score (nSPS) is 16.9. The first-order chi connectivity index (χ1) is 5.84. The molecule has 1 rings (SSSR count). The number of carbonyl (C=O) groups excluding carboxylic acids is 1. The number of likely N-dealkylation sites (tertiary alicyclic amines) is 1. The van der Waals surface area contributed by atoms with E-state index in [-0.39, 0.29) is 12.5 Å². The van der Waals surface area contributed by atoms with Gasteiger partial charge in [-0.25, -0.2) is 5.11 Å². The largest absolute Gasteiger partial charge is 0.343 e. The third-order valence-electron chi connectivity index (χ3n) is 2.24. The predicted molar refractivity (Wildman–Crippen MR) is 45.2 cm³/mol. The van der Waals surface area contributed by atoms with E-state index in [1.165, 1.54) is 0 Å². The first kappa shape index (κ1) is 9.52. The summed E-state index contributed by atoms with van der Waals surface area (Å²) in [5, 5.41) is 10.1. The van der Waals surface area contributed by atoms with Crippen LogP contribution in [0.3, 0.4) is 0 Å². The van der Waals surface area contributed by atoms with Gasteiger partial charge >= 0.3 is 0 Å². The molecule has 0 aromatic rings. The van der Waals surface area contributed by atoms with Gasteiger partial charge < -0.3 is 4.90 Å². The maximum absolute atomic E-state index is 11.3. The molecule has 1 aliphatic heterocycles. The van der Waals surface area contributed by atoms with Gasteiger partial charge in [0.05, 0.1) is 6.61 Å². The fraction of sp³-hybridized carbons (Fsp3) is 0.889. The summed E-state index contributed by atoms with van der Waals surface area (Å²) in [5.74, 6) is 0.237. The Hall–Kier alpha value is -0.570. The van der Waals surface area contributed by atoms with Crippen LogP contribution in [0.1, 0.15) is 32.1 Å². The molecule has 3 heteroatoms. The van der Waals surface area contributed by atoms with Gasteiger partial charge in [-0.3, -0.25) is 4.79 Å². The van der Waals surface area contributed by atoms with E-state index in [2.05, 4.69) is 0 Å². The summed E-state index contributed by atoms with van der Waals surface area (Å²) >= 11 is 0. The Morgan fingerprint density at radius 2 is 1.83 bits per heavy atom. The van der Waals surface area contributed by atoms with Crippen molar-refractivity contribution in [3.63, 3.8) is 0 Å². The minimum atomic E-state index is -0.0483. The Balaban J connectivity index is 2.10. The van der Waals surface area contributed by atoms with Gasteiger partial charge in [-0.2, -0.15) is 0 Å². The van der Waals surface area contributed by atoms with Gasteiger partial charge in [-0.05, 0) is 25.7 Å². The highest BCUT2D eigenvalue weighted by molar-refractivity contribution is 5.76. The van der Waals surface area contributed by atoms with Crippen molar-refractivity contribution >= 4 is 5.91 Å². The molecule has 1 amide bonds. The lowest BCUT2D eigenvalue weighted by atomic mass is 10.2. The predicted octanol–water partition coefficient (Wildman–Crippen LogP) is 1.21. The van der Waals surface area contributed by atoms with Crippen LogP contribution in [0.5, 0.6) is 0 Å². The highest BCUT2D eigenvalue weighted by Gasteiger charge is 2.16.